The smallest absolute Gasteiger partial charge is 0.307 e. The van der Waals surface area contributed by atoms with Crippen molar-refractivity contribution < 1.29 is 29.4 Å². The molecule has 2 amide bonds. The molecule has 2 aliphatic carbocycles. The first kappa shape index (κ1) is 20.2. The Hall–Kier alpha value is -2.12. The van der Waals surface area contributed by atoms with E-state index in [1.165, 1.54) is 19.3 Å². The van der Waals surface area contributed by atoms with Crippen molar-refractivity contribution >= 4 is 23.8 Å². The second-order valence-corrected chi connectivity index (χ2v) is 7.49. The summed E-state index contributed by atoms with van der Waals surface area (Å²) in [5.74, 6) is -4.81. The summed E-state index contributed by atoms with van der Waals surface area (Å²) in [5.41, 5.74) is 0. The number of carbonyl (C=O) groups is 4. The molecule has 26 heavy (non-hydrogen) atoms. The second-order valence-electron chi connectivity index (χ2n) is 7.49. The molecule has 4 N–H and O–H groups in total. The number of hydrogen-bond donors (Lipinski definition) is 4. The van der Waals surface area contributed by atoms with Crippen LogP contribution in [-0.4, -0.2) is 47.1 Å². The molecule has 0 aromatic rings. The van der Waals surface area contributed by atoms with Crippen molar-refractivity contribution in [3.63, 3.8) is 0 Å². The van der Waals surface area contributed by atoms with E-state index in [0.717, 1.165) is 12.3 Å². The number of carboxylic acids is 2. The van der Waals surface area contributed by atoms with Gasteiger partial charge in [-0.25, -0.2) is 0 Å². The Morgan fingerprint density at radius 1 is 0.923 bits per heavy atom. The van der Waals surface area contributed by atoms with Gasteiger partial charge < -0.3 is 20.8 Å². The molecule has 8 heteroatoms. The zero-order valence-electron chi connectivity index (χ0n) is 15.1. The van der Waals surface area contributed by atoms with Crippen LogP contribution in [-0.2, 0) is 19.2 Å². The maximum Gasteiger partial charge on any atom is 0.307 e. The predicted octanol–water partition coefficient (Wildman–Crippen LogP) is 0.857. The highest BCUT2D eigenvalue weighted by Crippen LogP contribution is 2.47. The third-order valence-corrected chi connectivity index (χ3v) is 5.75. The standard InChI is InChI=1S/C18H28N2O6/c1-2-19-15(21)7-13(17(23)24)14(18(25)26)8-16(22)20-9-12-6-10-3-4-11(12)5-10/h10-14H,2-9H2,1H3,(H,19,21)(H,20,22)(H,23,24)(H,25,26). The molecule has 8 nitrogen and oxygen atoms in total. The van der Waals surface area contributed by atoms with Crippen LogP contribution in [0.5, 0.6) is 0 Å². The van der Waals surface area contributed by atoms with Crippen LogP contribution in [0.15, 0.2) is 0 Å². The Labute approximate surface area is 152 Å². The molecule has 5 unspecified atom stereocenters. The molecular weight excluding hydrogens is 340 g/mol. The van der Waals surface area contributed by atoms with Crippen LogP contribution in [0, 0.1) is 29.6 Å². The highest BCUT2D eigenvalue weighted by molar-refractivity contribution is 5.89. The molecule has 0 spiro atoms. The highest BCUT2D eigenvalue weighted by atomic mass is 16.4. The van der Waals surface area contributed by atoms with Crippen LogP contribution in [0.25, 0.3) is 0 Å². The molecule has 2 saturated carbocycles. The van der Waals surface area contributed by atoms with E-state index in [4.69, 9.17) is 0 Å². The topological polar surface area (TPSA) is 133 Å². The number of hydrogen-bond acceptors (Lipinski definition) is 4. The van der Waals surface area contributed by atoms with Gasteiger partial charge in [0.05, 0.1) is 11.8 Å². The Kier molecular flexibility index (Phi) is 6.99. The molecule has 2 aliphatic rings. The Bertz CT molecular complexity index is 564. The monoisotopic (exact) mass is 368 g/mol. The molecule has 0 aromatic heterocycles. The number of rotatable bonds is 10. The average Bonchev–Trinajstić information content (AvgIpc) is 3.18. The van der Waals surface area contributed by atoms with Crippen molar-refractivity contribution in [1.82, 2.24) is 10.6 Å². The van der Waals surface area contributed by atoms with Gasteiger partial charge >= 0.3 is 11.9 Å². The molecule has 5 atom stereocenters. The van der Waals surface area contributed by atoms with Crippen molar-refractivity contribution in [2.24, 2.45) is 29.6 Å². The zero-order valence-corrected chi connectivity index (χ0v) is 15.1. The number of nitrogens with one attached hydrogen (secondary N) is 2. The molecule has 0 aliphatic heterocycles. The van der Waals surface area contributed by atoms with Gasteiger partial charge in [-0.3, -0.25) is 19.2 Å². The maximum absolute atomic E-state index is 12.2. The number of fused-ring (bicyclic) bond motifs is 2. The summed E-state index contributed by atoms with van der Waals surface area (Å²) in [6, 6.07) is 0. The van der Waals surface area contributed by atoms with Crippen LogP contribution >= 0.6 is 0 Å². The molecule has 2 fully saturated rings. The van der Waals surface area contributed by atoms with Crippen molar-refractivity contribution in [2.75, 3.05) is 13.1 Å². The van der Waals surface area contributed by atoms with Gasteiger partial charge in [-0.1, -0.05) is 6.42 Å². The van der Waals surface area contributed by atoms with Gasteiger partial charge in [-0.05, 0) is 43.9 Å². The summed E-state index contributed by atoms with van der Waals surface area (Å²) in [7, 11) is 0. The molecule has 146 valence electrons. The minimum Gasteiger partial charge on any atom is -0.481 e. The third-order valence-electron chi connectivity index (χ3n) is 5.75. The van der Waals surface area contributed by atoms with Crippen LogP contribution in [0.4, 0.5) is 0 Å². The molecule has 2 bridgehead atoms. The Balaban J connectivity index is 1.90. The second kappa shape index (κ2) is 9.00. The van der Waals surface area contributed by atoms with Gasteiger partial charge in [-0.2, -0.15) is 0 Å². The average molecular weight is 368 g/mol. The van der Waals surface area contributed by atoms with E-state index in [1.54, 1.807) is 6.92 Å². The molecular formula is C18H28N2O6. The van der Waals surface area contributed by atoms with Crippen molar-refractivity contribution in [1.29, 1.82) is 0 Å². The largest absolute Gasteiger partial charge is 0.481 e. The lowest BCUT2D eigenvalue weighted by atomic mass is 9.86. The first-order valence-corrected chi connectivity index (χ1v) is 9.30. The lowest BCUT2D eigenvalue weighted by Gasteiger charge is -2.23. The summed E-state index contributed by atoms with van der Waals surface area (Å²) in [5, 5.41) is 23.9. The summed E-state index contributed by atoms with van der Waals surface area (Å²) in [6.45, 7) is 2.53. The summed E-state index contributed by atoms with van der Waals surface area (Å²) < 4.78 is 0. The maximum atomic E-state index is 12.2. The van der Waals surface area contributed by atoms with Crippen LogP contribution < -0.4 is 10.6 Å². The van der Waals surface area contributed by atoms with Crippen molar-refractivity contribution in [2.45, 2.75) is 45.4 Å². The SMILES string of the molecule is CCNC(=O)CC(C(=O)O)C(CC(=O)NCC1CC2CCC1C2)C(=O)O. The van der Waals surface area contributed by atoms with E-state index in [-0.39, 0.29) is 0 Å². The summed E-state index contributed by atoms with van der Waals surface area (Å²) in [6.07, 6.45) is 3.87. The van der Waals surface area contributed by atoms with Crippen LogP contribution in [0.3, 0.4) is 0 Å². The van der Waals surface area contributed by atoms with Gasteiger partial charge in [0.25, 0.3) is 0 Å². The Morgan fingerprint density at radius 3 is 1.92 bits per heavy atom. The Morgan fingerprint density at radius 2 is 1.50 bits per heavy atom. The van der Waals surface area contributed by atoms with Gasteiger partial charge in [0.15, 0.2) is 0 Å². The van der Waals surface area contributed by atoms with Crippen molar-refractivity contribution in [3.8, 4) is 0 Å². The molecule has 0 aromatic carbocycles. The van der Waals surface area contributed by atoms with Crippen LogP contribution in [0.2, 0.25) is 0 Å². The van der Waals surface area contributed by atoms with Gasteiger partial charge in [0, 0.05) is 25.9 Å². The molecule has 0 saturated heterocycles. The minimum atomic E-state index is -1.44. The highest BCUT2D eigenvalue weighted by Gasteiger charge is 2.40. The van der Waals surface area contributed by atoms with Gasteiger partial charge in [-0.15, -0.1) is 0 Å². The molecule has 0 heterocycles. The number of amides is 2. The molecule has 0 radical (unpaired) electrons. The fraction of sp³-hybridized carbons (Fsp3) is 0.778. The van der Waals surface area contributed by atoms with Crippen molar-refractivity contribution in [3.05, 3.63) is 0 Å². The van der Waals surface area contributed by atoms with Crippen LogP contribution in [0.1, 0.15) is 45.4 Å². The minimum absolute atomic E-state index is 0.326. The van der Waals surface area contributed by atoms with E-state index in [0.29, 0.717) is 24.9 Å². The fourth-order valence-corrected chi connectivity index (χ4v) is 4.42. The number of aliphatic carboxylic acids is 2. The fourth-order valence-electron chi connectivity index (χ4n) is 4.42. The quantitative estimate of drug-likeness (QED) is 0.452. The molecule has 2 rings (SSSR count). The van der Waals surface area contributed by atoms with E-state index < -0.39 is 48.4 Å². The summed E-state index contributed by atoms with van der Waals surface area (Å²) in [4.78, 5) is 46.8. The first-order valence-electron chi connectivity index (χ1n) is 9.30. The lowest BCUT2D eigenvalue weighted by molar-refractivity contribution is -0.156. The van der Waals surface area contributed by atoms with E-state index in [2.05, 4.69) is 10.6 Å². The zero-order chi connectivity index (χ0) is 19.3. The predicted molar refractivity (Wildman–Crippen MR) is 92.1 cm³/mol. The van der Waals surface area contributed by atoms with Gasteiger partial charge in [0.2, 0.25) is 11.8 Å². The summed E-state index contributed by atoms with van der Waals surface area (Å²) >= 11 is 0. The first-order chi connectivity index (χ1) is 12.3. The normalized spacial score (nSPS) is 26.1. The lowest BCUT2D eigenvalue weighted by Crippen LogP contribution is -2.39. The third kappa shape index (κ3) is 5.19. The van der Waals surface area contributed by atoms with Gasteiger partial charge in [0.1, 0.15) is 0 Å². The van der Waals surface area contributed by atoms with E-state index >= 15 is 0 Å². The van der Waals surface area contributed by atoms with E-state index in [1.807, 2.05) is 0 Å². The number of carbonyl (C=O) groups excluding carboxylic acids is 2. The van der Waals surface area contributed by atoms with E-state index in [9.17, 15) is 29.4 Å². The number of carboxylic acid groups (broad SMARTS) is 2.